The molecular formula is C10H9NO. The standard InChI is InChI=1S/C10H9NO/c1-2-7-11-8-9-3-5-10(12)6-4-9/h1,3-6,8,12H,7H2. The van der Waals surface area contributed by atoms with Crippen molar-refractivity contribution in [2.75, 3.05) is 6.54 Å². The van der Waals surface area contributed by atoms with E-state index in [1.165, 1.54) is 0 Å². The normalized spacial score (nSPS) is 9.92. The topological polar surface area (TPSA) is 32.6 Å². The van der Waals surface area contributed by atoms with Crippen LogP contribution in [0.4, 0.5) is 0 Å². The fraction of sp³-hybridized carbons (Fsp3) is 0.100. The Labute approximate surface area is 71.6 Å². The predicted molar refractivity (Wildman–Crippen MR) is 49.4 cm³/mol. The summed E-state index contributed by atoms with van der Waals surface area (Å²) in [6.07, 6.45) is 6.69. The first-order valence-electron chi connectivity index (χ1n) is 3.55. The molecule has 0 spiro atoms. The largest absolute Gasteiger partial charge is 0.508 e. The van der Waals surface area contributed by atoms with Gasteiger partial charge < -0.3 is 5.11 Å². The third kappa shape index (κ3) is 2.47. The molecule has 0 heterocycles. The van der Waals surface area contributed by atoms with E-state index >= 15 is 0 Å². The van der Waals surface area contributed by atoms with Crippen LogP contribution in [0.15, 0.2) is 29.3 Å². The number of aliphatic imine (C=N–C) groups is 1. The SMILES string of the molecule is C#CCN=Cc1ccc(O)cc1. The Morgan fingerprint density at radius 1 is 1.42 bits per heavy atom. The molecule has 0 aliphatic carbocycles. The Morgan fingerprint density at radius 3 is 2.67 bits per heavy atom. The molecule has 0 aliphatic heterocycles. The second-order valence-corrected chi connectivity index (χ2v) is 2.27. The van der Waals surface area contributed by atoms with Crippen molar-refractivity contribution in [2.24, 2.45) is 4.99 Å². The van der Waals surface area contributed by atoms with Gasteiger partial charge in [0.2, 0.25) is 0 Å². The lowest BCUT2D eigenvalue weighted by molar-refractivity contribution is 0.475. The third-order valence-corrected chi connectivity index (χ3v) is 1.32. The summed E-state index contributed by atoms with van der Waals surface area (Å²) in [7, 11) is 0. The molecule has 0 saturated heterocycles. The zero-order valence-corrected chi connectivity index (χ0v) is 6.57. The van der Waals surface area contributed by atoms with Gasteiger partial charge in [0.15, 0.2) is 0 Å². The molecule has 1 N–H and O–H groups in total. The van der Waals surface area contributed by atoms with E-state index in [0.717, 1.165) is 5.56 Å². The molecule has 0 fully saturated rings. The number of rotatable bonds is 2. The van der Waals surface area contributed by atoms with Crippen LogP contribution in [0.3, 0.4) is 0 Å². The smallest absolute Gasteiger partial charge is 0.115 e. The van der Waals surface area contributed by atoms with Crippen LogP contribution in [0, 0.1) is 12.3 Å². The summed E-state index contributed by atoms with van der Waals surface area (Å²) < 4.78 is 0. The van der Waals surface area contributed by atoms with Gasteiger partial charge in [-0.1, -0.05) is 5.92 Å². The second-order valence-electron chi connectivity index (χ2n) is 2.27. The Bertz CT molecular complexity index is 306. The molecule has 12 heavy (non-hydrogen) atoms. The summed E-state index contributed by atoms with van der Waals surface area (Å²) in [4.78, 5) is 3.95. The molecular weight excluding hydrogens is 150 g/mol. The van der Waals surface area contributed by atoms with Crippen LogP contribution < -0.4 is 0 Å². The number of hydrogen-bond acceptors (Lipinski definition) is 2. The minimum Gasteiger partial charge on any atom is -0.508 e. The molecule has 2 heteroatoms. The number of hydrogen-bond donors (Lipinski definition) is 1. The highest BCUT2D eigenvalue weighted by Gasteiger charge is 1.86. The van der Waals surface area contributed by atoms with Crippen molar-refractivity contribution >= 4 is 6.21 Å². The zero-order valence-electron chi connectivity index (χ0n) is 6.57. The van der Waals surface area contributed by atoms with Crippen molar-refractivity contribution in [3.8, 4) is 18.1 Å². The highest BCUT2D eigenvalue weighted by Crippen LogP contribution is 2.07. The van der Waals surface area contributed by atoms with Gasteiger partial charge in [0.25, 0.3) is 0 Å². The van der Waals surface area contributed by atoms with Crippen molar-refractivity contribution < 1.29 is 5.11 Å². The van der Waals surface area contributed by atoms with Gasteiger partial charge in [-0.05, 0) is 29.8 Å². The van der Waals surface area contributed by atoms with Gasteiger partial charge in [-0.15, -0.1) is 6.42 Å². The molecule has 1 aromatic rings. The van der Waals surface area contributed by atoms with Crippen molar-refractivity contribution in [3.05, 3.63) is 29.8 Å². The van der Waals surface area contributed by atoms with Crippen molar-refractivity contribution in [1.82, 2.24) is 0 Å². The van der Waals surface area contributed by atoms with Crippen LogP contribution >= 0.6 is 0 Å². The maximum atomic E-state index is 8.95. The lowest BCUT2D eigenvalue weighted by atomic mass is 10.2. The van der Waals surface area contributed by atoms with E-state index in [0.29, 0.717) is 6.54 Å². The lowest BCUT2D eigenvalue weighted by Gasteiger charge is -1.91. The van der Waals surface area contributed by atoms with Gasteiger partial charge in [0.05, 0.1) is 6.54 Å². The number of nitrogens with zero attached hydrogens (tertiary/aromatic N) is 1. The van der Waals surface area contributed by atoms with Gasteiger partial charge in [-0.3, -0.25) is 4.99 Å². The minimum absolute atomic E-state index is 0.254. The van der Waals surface area contributed by atoms with Crippen molar-refractivity contribution in [2.45, 2.75) is 0 Å². The molecule has 0 bridgehead atoms. The summed E-state index contributed by atoms with van der Waals surface area (Å²) in [5.41, 5.74) is 0.933. The highest BCUT2D eigenvalue weighted by molar-refractivity contribution is 5.79. The maximum Gasteiger partial charge on any atom is 0.115 e. The molecule has 0 atom stereocenters. The number of aromatic hydroxyl groups is 1. The maximum absolute atomic E-state index is 8.95. The van der Waals surface area contributed by atoms with E-state index in [2.05, 4.69) is 10.9 Å². The van der Waals surface area contributed by atoms with Crippen molar-refractivity contribution in [1.29, 1.82) is 0 Å². The van der Waals surface area contributed by atoms with E-state index in [9.17, 15) is 0 Å². The monoisotopic (exact) mass is 159 g/mol. The van der Waals surface area contributed by atoms with Crippen LogP contribution in [0.25, 0.3) is 0 Å². The average Bonchev–Trinajstić information content (AvgIpc) is 2.09. The van der Waals surface area contributed by atoms with E-state index < -0.39 is 0 Å². The number of benzene rings is 1. The molecule has 0 aromatic heterocycles. The van der Waals surface area contributed by atoms with Crippen LogP contribution in [-0.4, -0.2) is 17.9 Å². The first-order chi connectivity index (χ1) is 5.83. The molecule has 0 saturated carbocycles. The summed E-state index contributed by atoms with van der Waals surface area (Å²) in [6.45, 7) is 0.390. The summed E-state index contributed by atoms with van der Waals surface area (Å²) >= 11 is 0. The van der Waals surface area contributed by atoms with Crippen molar-refractivity contribution in [3.63, 3.8) is 0 Å². The third-order valence-electron chi connectivity index (χ3n) is 1.32. The Hall–Kier alpha value is -1.75. The van der Waals surface area contributed by atoms with Gasteiger partial charge >= 0.3 is 0 Å². The van der Waals surface area contributed by atoms with Crippen LogP contribution in [0.5, 0.6) is 5.75 Å². The average molecular weight is 159 g/mol. The first kappa shape index (κ1) is 8.35. The van der Waals surface area contributed by atoms with E-state index in [4.69, 9.17) is 11.5 Å². The summed E-state index contributed by atoms with van der Waals surface area (Å²) in [5, 5.41) is 8.95. The molecule has 0 unspecified atom stereocenters. The quantitative estimate of drug-likeness (QED) is 0.514. The van der Waals surface area contributed by atoms with Gasteiger partial charge in [-0.2, -0.15) is 0 Å². The molecule has 1 rings (SSSR count). The van der Waals surface area contributed by atoms with Gasteiger partial charge in [0.1, 0.15) is 5.75 Å². The Kier molecular flexibility index (Phi) is 2.92. The van der Waals surface area contributed by atoms with Gasteiger partial charge in [-0.25, -0.2) is 0 Å². The molecule has 1 aromatic carbocycles. The number of terminal acetylenes is 1. The van der Waals surface area contributed by atoms with Crippen LogP contribution in [0.2, 0.25) is 0 Å². The predicted octanol–water partition coefficient (Wildman–Crippen LogP) is 1.44. The van der Waals surface area contributed by atoms with E-state index in [1.54, 1.807) is 30.5 Å². The highest BCUT2D eigenvalue weighted by atomic mass is 16.3. The Morgan fingerprint density at radius 2 is 2.08 bits per heavy atom. The lowest BCUT2D eigenvalue weighted by Crippen LogP contribution is -1.80. The fourth-order valence-corrected chi connectivity index (χ4v) is 0.764. The molecule has 60 valence electrons. The summed E-state index contributed by atoms with van der Waals surface area (Å²) in [5.74, 6) is 2.66. The number of phenols is 1. The second kappa shape index (κ2) is 4.20. The van der Waals surface area contributed by atoms with E-state index in [-0.39, 0.29) is 5.75 Å². The van der Waals surface area contributed by atoms with Crippen LogP contribution in [0.1, 0.15) is 5.56 Å². The van der Waals surface area contributed by atoms with Gasteiger partial charge in [0, 0.05) is 6.21 Å². The molecule has 0 amide bonds. The fourth-order valence-electron chi connectivity index (χ4n) is 0.764. The van der Waals surface area contributed by atoms with Crippen LogP contribution in [-0.2, 0) is 0 Å². The summed E-state index contributed by atoms with van der Waals surface area (Å²) in [6, 6.07) is 6.76. The minimum atomic E-state index is 0.254. The Balaban J connectivity index is 2.66. The zero-order chi connectivity index (χ0) is 8.81. The number of phenolic OH excluding ortho intramolecular Hbond substituents is 1. The molecule has 2 nitrogen and oxygen atoms in total. The molecule has 0 aliphatic rings. The molecule has 0 radical (unpaired) electrons. The first-order valence-corrected chi connectivity index (χ1v) is 3.55. The van der Waals surface area contributed by atoms with E-state index in [1.807, 2.05) is 0 Å².